The van der Waals surface area contributed by atoms with E-state index >= 15 is 0 Å². The van der Waals surface area contributed by atoms with Gasteiger partial charge in [0.1, 0.15) is 0 Å². The van der Waals surface area contributed by atoms with Gasteiger partial charge in [0, 0.05) is 0 Å². The van der Waals surface area contributed by atoms with Crippen LogP contribution in [0.4, 0.5) is 0 Å². The molecular formula is C30H50O. The molecule has 0 aromatic rings. The Morgan fingerprint density at radius 1 is 0.839 bits per heavy atom. The Bertz CT molecular complexity index is 777. The van der Waals surface area contributed by atoms with Crippen LogP contribution in [0.5, 0.6) is 0 Å². The predicted octanol–water partition coefficient (Wildman–Crippen LogP) is 8.02. The minimum absolute atomic E-state index is 0.0583. The number of hydrogen-bond acceptors (Lipinski definition) is 1. The Labute approximate surface area is 192 Å². The topological polar surface area (TPSA) is 20.2 Å². The number of hydrogen-bond donors (Lipinski definition) is 1. The zero-order valence-electron chi connectivity index (χ0n) is 21.9. The molecule has 0 spiro atoms. The molecule has 4 saturated carbocycles. The first-order valence-corrected chi connectivity index (χ1v) is 13.7. The molecule has 0 aromatic heterocycles. The lowest BCUT2D eigenvalue weighted by molar-refractivity contribution is -0.182. The van der Waals surface area contributed by atoms with E-state index < -0.39 is 0 Å². The predicted molar refractivity (Wildman–Crippen MR) is 131 cm³/mol. The highest BCUT2D eigenvalue weighted by molar-refractivity contribution is 5.35. The SMILES string of the molecule is CC1CCC2(C(C)C)CC=C3C4(C)CCC5C(C)(C)C(O)CCC5(C)C4CCC3(C)C12. The normalized spacial score (nSPS) is 55.7. The molecule has 1 nitrogen and oxygen atoms in total. The summed E-state index contributed by atoms with van der Waals surface area (Å²) in [6.07, 6.45) is 14.6. The number of allylic oxidation sites excluding steroid dienone is 2. The first-order valence-electron chi connectivity index (χ1n) is 13.7. The number of fused-ring (bicyclic) bond motifs is 7. The van der Waals surface area contributed by atoms with Crippen molar-refractivity contribution >= 4 is 0 Å². The Balaban J connectivity index is 1.58. The van der Waals surface area contributed by atoms with Gasteiger partial charge in [-0.15, -0.1) is 0 Å². The van der Waals surface area contributed by atoms with Gasteiger partial charge in [-0.1, -0.05) is 67.0 Å². The second-order valence-electron chi connectivity index (χ2n) is 14.6. The molecule has 0 heterocycles. The van der Waals surface area contributed by atoms with Gasteiger partial charge in [0.25, 0.3) is 0 Å². The first-order chi connectivity index (χ1) is 14.3. The van der Waals surface area contributed by atoms with Crippen molar-refractivity contribution in [3.05, 3.63) is 11.6 Å². The minimum atomic E-state index is -0.122. The average Bonchev–Trinajstić information content (AvgIpc) is 3.04. The van der Waals surface area contributed by atoms with Crippen LogP contribution in [0.3, 0.4) is 0 Å². The van der Waals surface area contributed by atoms with Crippen LogP contribution in [-0.4, -0.2) is 11.2 Å². The molecule has 1 N–H and O–H groups in total. The standard InChI is InChI=1S/C30H50O/c1-19(2)30-17-9-20(3)25(30)29(8)15-11-22-27(6)16-13-24(31)26(4,5)21(27)10-14-28(22,7)23(29)12-18-30/h12,19-22,24-25,31H,9-11,13-18H2,1-8H3. The van der Waals surface area contributed by atoms with E-state index in [0.717, 1.165) is 30.1 Å². The summed E-state index contributed by atoms with van der Waals surface area (Å²) in [5.74, 6) is 3.97. The van der Waals surface area contributed by atoms with Crippen LogP contribution < -0.4 is 0 Å². The van der Waals surface area contributed by atoms with Crippen LogP contribution in [0, 0.1) is 56.7 Å². The Morgan fingerprint density at radius 2 is 1.48 bits per heavy atom. The van der Waals surface area contributed by atoms with Gasteiger partial charge >= 0.3 is 0 Å². The zero-order valence-corrected chi connectivity index (χ0v) is 21.9. The third kappa shape index (κ3) is 2.60. The van der Waals surface area contributed by atoms with Crippen molar-refractivity contribution in [1.82, 2.24) is 0 Å². The van der Waals surface area contributed by atoms with Gasteiger partial charge in [-0.2, -0.15) is 0 Å². The van der Waals surface area contributed by atoms with E-state index in [1.165, 1.54) is 51.4 Å². The lowest BCUT2D eigenvalue weighted by atomic mass is 9.35. The molecule has 5 aliphatic rings. The summed E-state index contributed by atoms with van der Waals surface area (Å²) in [5.41, 5.74) is 3.63. The molecule has 0 amide bonds. The fourth-order valence-corrected chi connectivity index (χ4v) is 11.6. The smallest absolute Gasteiger partial charge is 0.0594 e. The largest absolute Gasteiger partial charge is 0.393 e. The highest BCUT2D eigenvalue weighted by Crippen LogP contribution is 2.76. The average molecular weight is 427 g/mol. The molecule has 1 heteroatoms. The lowest BCUT2D eigenvalue weighted by Gasteiger charge is -2.69. The quantitative estimate of drug-likeness (QED) is 0.421. The molecule has 9 unspecified atom stereocenters. The second-order valence-corrected chi connectivity index (χ2v) is 14.6. The molecule has 0 aromatic carbocycles. The van der Waals surface area contributed by atoms with Crippen LogP contribution in [0.1, 0.15) is 113 Å². The number of aliphatic hydroxyl groups excluding tert-OH is 1. The molecule has 31 heavy (non-hydrogen) atoms. The molecule has 0 bridgehead atoms. The van der Waals surface area contributed by atoms with Gasteiger partial charge in [0.15, 0.2) is 0 Å². The van der Waals surface area contributed by atoms with Crippen molar-refractivity contribution in [1.29, 1.82) is 0 Å². The number of rotatable bonds is 1. The molecule has 5 rings (SSSR count). The zero-order chi connectivity index (χ0) is 22.6. The summed E-state index contributed by atoms with van der Waals surface area (Å²) in [6, 6.07) is 0. The molecule has 5 aliphatic carbocycles. The van der Waals surface area contributed by atoms with Crippen LogP contribution in [0.25, 0.3) is 0 Å². The Morgan fingerprint density at radius 3 is 2.16 bits per heavy atom. The van der Waals surface area contributed by atoms with Gasteiger partial charge in [0.05, 0.1) is 6.10 Å². The van der Waals surface area contributed by atoms with Crippen LogP contribution in [-0.2, 0) is 0 Å². The summed E-state index contributed by atoms with van der Waals surface area (Å²) in [7, 11) is 0. The van der Waals surface area contributed by atoms with E-state index in [2.05, 4.69) is 61.5 Å². The maximum Gasteiger partial charge on any atom is 0.0594 e. The van der Waals surface area contributed by atoms with Gasteiger partial charge in [-0.3, -0.25) is 0 Å². The fourth-order valence-electron chi connectivity index (χ4n) is 11.6. The maximum atomic E-state index is 10.9. The monoisotopic (exact) mass is 426 g/mol. The van der Waals surface area contributed by atoms with E-state index in [4.69, 9.17) is 0 Å². The molecule has 0 radical (unpaired) electrons. The minimum Gasteiger partial charge on any atom is -0.393 e. The van der Waals surface area contributed by atoms with Crippen LogP contribution in [0.15, 0.2) is 11.6 Å². The second kappa shape index (κ2) is 6.64. The Hall–Kier alpha value is -0.300. The van der Waals surface area contributed by atoms with Crippen molar-refractivity contribution in [3.8, 4) is 0 Å². The van der Waals surface area contributed by atoms with Crippen molar-refractivity contribution in [3.63, 3.8) is 0 Å². The van der Waals surface area contributed by atoms with Crippen LogP contribution >= 0.6 is 0 Å². The number of aliphatic hydroxyl groups is 1. The van der Waals surface area contributed by atoms with Gasteiger partial charge in [-0.05, 0) is 114 Å². The molecular weight excluding hydrogens is 376 g/mol. The third-order valence-corrected chi connectivity index (χ3v) is 13.0. The lowest BCUT2D eigenvalue weighted by Crippen LogP contribution is -2.63. The first kappa shape index (κ1) is 22.5. The molecule has 176 valence electrons. The van der Waals surface area contributed by atoms with Crippen molar-refractivity contribution in [2.75, 3.05) is 0 Å². The summed E-state index contributed by atoms with van der Waals surface area (Å²) in [6.45, 7) is 20.4. The van der Waals surface area contributed by atoms with E-state index in [1.54, 1.807) is 0 Å². The van der Waals surface area contributed by atoms with Crippen molar-refractivity contribution < 1.29 is 5.11 Å². The molecule has 4 fully saturated rings. The van der Waals surface area contributed by atoms with Crippen molar-refractivity contribution in [2.45, 2.75) is 119 Å². The third-order valence-electron chi connectivity index (χ3n) is 13.0. The van der Waals surface area contributed by atoms with E-state index in [0.29, 0.717) is 27.6 Å². The van der Waals surface area contributed by atoms with E-state index in [1.807, 2.05) is 5.57 Å². The summed E-state index contributed by atoms with van der Waals surface area (Å²) in [4.78, 5) is 0. The van der Waals surface area contributed by atoms with Crippen LogP contribution in [0.2, 0.25) is 0 Å². The molecule has 9 atom stereocenters. The highest BCUT2D eigenvalue weighted by Gasteiger charge is 2.68. The summed E-state index contributed by atoms with van der Waals surface area (Å²) in [5, 5.41) is 10.9. The summed E-state index contributed by atoms with van der Waals surface area (Å²) >= 11 is 0. The van der Waals surface area contributed by atoms with Gasteiger partial charge in [-0.25, -0.2) is 0 Å². The van der Waals surface area contributed by atoms with Crippen molar-refractivity contribution in [2.24, 2.45) is 56.7 Å². The van der Waals surface area contributed by atoms with E-state index in [-0.39, 0.29) is 11.5 Å². The highest BCUT2D eigenvalue weighted by atomic mass is 16.3. The molecule has 0 saturated heterocycles. The Kier molecular flexibility index (Phi) is 4.82. The van der Waals surface area contributed by atoms with Gasteiger partial charge in [0.2, 0.25) is 0 Å². The van der Waals surface area contributed by atoms with Gasteiger partial charge < -0.3 is 5.11 Å². The maximum absolute atomic E-state index is 10.9. The van der Waals surface area contributed by atoms with E-state index in [9.17, 15) is 5.11 Å². The fraction of sp³-hybridized carbons (Fsp3) is 0.933. The molecule has 0 aliphatic heterocycles. The summed E-state index contributed by atoms with van der Waals surface area (Å²) < 4.78 is 0.